The molecule has 0 atom stereocenters. The number of benzene rings is 1. The molecular formula is C14H14BrN3O2. The van der Waals surface area contributed by atoms with Crippen molar-refractivity contribution >= 4 is 33.2 Å². The summed E-state index contributed by atoms with van der Waals surface area (Å²) in [7, 11) is 1.63. The van der Waals surface area contributed by atoms with Crippen molar-refractivity contribution in [3.8, 4) is 0 Å². The lowest BCUT2D eigenvalue weighted by atomic mass is 10.1. The van der Waals surface area contributed by atoms with Gasteiger partial charge in [0, 0.05) is 35.0 Å². The molecule has 20 heavy (non-hydrogen) atoms. The molecule has 6 heteroatoms. The summed E-state index contributed by atoms with van der Waals surface area (Å²) in [6.07, 6.45) is 1.57. The quantitative estimate of drug-likeness (QED) is 0.826. The molecule has 0 saturated carbocycles. The Labute approximate surface area is 124 Å². The van der Waals surface area contributed by atoms with E-state index in [2.05, 4.69) is 21.2 Å². The Morgan fingerprint density at radius 1 is 1.35 bits per heavy atom. The van der Waals surface area contributed by atoms with Crippen LogP contribution in [0.3, 0.4) is 0 Å². The molecule has 0 spiro atoms. The third kappa shape index (κ3) is 2.91. The van der Waals surface area contributed by atoms with Crippen LogP contribution < -0.4 is 16.6 Å². The van der Waals surface area contributed by atoms with Gasteiger partial charge in [-0.05, 0) is 30.7 Å². The molecule has 1 aromatic heterocycles. The van der Waals surface area contributed by atoms with Crippen LogP contribution >= 0.6 is 15.9 Å². The van der Waals surface area contributed by atoms with Gasteiger partial charge in [-0.15, -0.1) is 0 Å². The molecular weight excluding hydrogens is 322 g/mol. The van der Waals surface area contributed by atoms with Gasteiger partial charge in [0.2, 0.25) is 5.56 Å². The van der Waals surface area contributed by atoms with Gasteiger partial charge in [0.05, 0.1) is 5.69 Å². The van der Waals surface area contributed by atoms with Crippen molar-refractivity contribution in [3.63, 3.8) is 0 Å². The maximum absolute atomic E-state index is 12.3. The number of nitrogen functional groups attached to an aromatic ring is 1. The SMILES string of the molecule is Cc1c(N)cc(Br)cc1C(=O)Nc1ccc(=O)n(C)c1. The topological polar surface area (TPSA) is 77.1 Å². The van der Waals surface area contributed by atoms with E-state index in [1.54, 1.807) is 38.4 Å². The molecule has 2 aromatic rings. The number of nitrogens with zero attached hydrogens (tertiary/aromatic N) is 1. The highest BCUT2D eigenvalue weighted by Gasteiger charge is 2.12. The molecule has 1 aromatic carbocycles. The molecule has 0 bridgehead atoms. The van der Waals surface area contributed by atoms with Gasteiger partial charge in [0.15, 0.2) is 0 Å². The molecule has 1 amide bonds. The van der Waals surface area contributed by atoms with E-state index in [-0.39, 0.29) is 11.5 Å². The molecule has 0 aliphatic carbocycles. The Bertz CT molecular complexity index is 738. The van der Waals surface area contributed by atoms with Crippen LogP contribution in [0.5, 0.6) is 0 Å². The second-order valence-electron chi connectivity index (χ2n) is 4.49. The third-order valence-electron chi connectivity index (χ3n) is 3.00. The summed E-state index contributed by atoms with van der Waals surface area (Å²) >= 11 is 3.32. The number of nitrogens with one attached hydrogen (secondary N) is 1. The number of nitrogens with two attached hydrogens (primary N) is 1. The lowest BCUT2D eigenvalue weighted by Crippen LogP contribution is -2.18. The molecule has 0 unspecified atom stereocenters. The van der Waals surface area contributed by atoms with Crippen LogP contribution in [-0.4, -0.2) is 10.5 Å². The van der Waals surface area contributed by atoms with Gasteiger partial charge < -0.3 is 15.6 Å². The van der Waals surface area contributed by atoms with E-state index in [4.69, 9.17) is 5.73 Å². The van der Waals surface area contributed by atoms with Crippen molar-refractivity contribution in [1.29, 1.82) is 0 Å². The van der Waals surface area contributed by atoms with Gasteiger partial charge in [-0.1, -0.05) is 15.9 Å². The number of hydrogen-bond donors (Lipinski definition) is 2. The number of aromatic nitrogens is 1. The number of pyridine rings is 1. The summed E-state index contributed by atoms with van der Waals surface area (Å²) in [6, 6.07) is 6.43. The number of halogens is 1. The van der Waals surface area contributed by atoms with Gasteiger partial charge in [0.1, 0.15) is 0 Å². The maximum Gasteiger partial charge on any atom is 0.256 e. The molecule has 0 saturated heterocycles. The van der Waals surface area contributed by atoms with Gasteiger partial charge in [-0.2, -0.15) is 0 Å². The monoisotopic (exact) mass is 335 g/mol. The van der Waals surface area contributed by atoms with E-state index < -0.39 is 0 Å². The van der Waals surface area contributed by atoms with E-state index in [9.17, 15) is 9.59 Å². The third-order valence-corrected chi connectivity index (χ3v) is 3.46. The Morgan fingerprint density at radius 3 is 2.70 bits per heavy atom. The number of amides is 1. The molecule has 0 aliphatic rings. The zero-order chi connectivity index (χ0) is 14.9. The van der Waals surface area contributed by atoms with Crippen molar-refractivity contribution in [2.24, 2.45) is 7.05 Å². The minimum atomic E-state index is -0.269. The number of hydrogen-bond acceptors (Lipinski definition) is 3. The van der Waals surface area contributed by atoms with Crippen LogP contribution in [0.4, 0.5) is 11.4 Å². The first-order valence-corrected chi connectivity index (χ1v) is 6.71. The number of rotatable bonds is 2. The molecule has 104 valence electrons. The predicted octanol–water partition coefficient (Wildman–Crippen LogP) is 2.29. The highest BCUT2D eigenvalue weighted by atomic mass is 79.9. The molecule has 1 heterocycles. The molecule has 2 rings (SSSR count). The van der Waals surface area contributed by atoms with Crippen LogP contribution in [0.1, 0.15) is 15.9 Å². The lowest BCUT2D eigenvalue weighted by Gasteiger charge is -2.11. The summed E-state index contributed by atoms with van der Waals surface area (Å²) in [4.78, 5) is 23.6. The van der Waals surface area contributed by atoms with E-state index in [0.717, 1.165) is 10.0 Å². The van der Waals surface area contributed by atoms with Crippen LogP contribution in [0, 0.1) is 6.92 Å². The summed E-state index contributed by atoms with van der Waals surface area (Å²) in [5.74, 6) is -0.269. The molecule has 5 nitrogen and oxygen atoms in total. The van der Waals surface area contributed by atoms with E-state index in [1.165, 1.54) is 10.6 Å². The van der Waals surface area contributed by atoms with E-state index in [1.807, 2.05) is 0 Å². The standard InChI is InChI=1S/C14H14BrN3O2/c1-8-11(5-9(15)6-12(8)16)14(20)17-10-3-4-13(19)18(2)7-10/h3-7H,16H2,1-2H3,(H,17,20). The van der Waals surface area contributed by atoms with Gasteiger partial charge >= 0.3 is 0 Å². The smallest absolute Gasteiger partial charge is 0.256 e. The van der Waals surface area contributed by atoms with E-state index in [0.29, 0.717) is 16.9 Å². The maximum atomic E-state index is 12.3. The average Bonchev–Trinajstić information content (AvgIpc) is 2.38. The fraction of sp³-hybridized carbons (Fsp3) is 0.143. The van der Waals surface area contributed by atoms with Crippen molar-refractivity contribution < 1.29 is 4.79 Å². The zero-order valence-corrected chi connectivity index (χ0v) is 12.7. The fourth-order valence-corrected chi connectivity index (χ4v) is 2.28. The van der Waals surface area contributed by atoms with Crippen LogP contribution in [0.15, 0.2) is 39.7 Å². The lowest BCUT2D eigenvalue weighted by molar-refractivity contribution is 0.102. The van der Waals surface area contributed by atoms with Crippen molar-refractivity contribution in [3.05, 3.63) is 56.4 Å². The van der Waals surface area contributed by atoms with Crippen LogP contribution in [0.2, 0.25) is 0 Å². The normalized spacial score (nSPS) is 10.3. The number of carbonyl (C=O) groups is 1. The average molecular weight is 336 g/mol. The first kappa shape index (κ1) is 14.3. The summed E-state index contributed by atoms with van der Waals surface area (Å²) in [5, 5.41) is 2.75. The minimum Gasteiger partial charge on any atom is -0.398 e. The second kappa shape index (κ2) is 5.50. The molecule has 0 radical (unpaired) electrons. The zero-order valence-electron chi connectivity index (χ0n) is 11.1. The van der Waals surface area contributed by atoms with E-state index >= 15 is 0 Å². The van der Waals surface area contributed by atoms with Crippen molar-refractivity contribution in [2.75, 3.05) is 11.1 Å². The summed E-state index contributed by atoms with van der Waals surface area (Å²) in [5.41, 5.74) is 8.01. The largest absolute Gasteiger partial charge is 0.398 e. The Balaban J connectivity index is 2.33. The van der Waals surface area contributed by atoms with Crippen LogP contribution in [0.25, 0.3) is 0 Å². The predicted molar refractivity (Wildman–Crippen MR) is 82.9 cm³/mol. The first-order chi connectivity index (χ1) is 9.38. The van der Waals surface area contributed by atoms with Crippen LogP contribution in [-0.2, 0) is 7.05 Å². The summed E-state index contributed by atoms with van der Waals surface area (Å²) in [6.45, 7) is 1.79. The Kier molecular flexibility index (Phi) is 3.94. The fourth-order valence-electron chi connectivity index (χ4n) is 1.80. The Hall–Kier alpha value is -2.08. The van der Waals surface area contributed by atoms with Gasteiger partial charge in [-0.3, -0.25) is 9.59 Å². The molecule has 0 fully saturated rings. The van der Waals surface area contributed by atoms with Crippen molar-refractivity contribution in [2.45, 2.75) is 6.92 Å². The number of aryl methyl sites for hydroxylation is 1. The Morgan fingerprint density at radius 2 is 2.05 bits per heavy atom. The number of anilines is 2. The molecule has 3 N–H and O–H groups in total. The number of carbonyl (C=O) groups excluding carboxylic acids is 1. The first-order valence-electron chi connectivity index (χ1n) is 5.92. The van der Waals surface area contributed by atoms with Crippen molar-refractivity contribution in [1.82, 2.24) is 4.57 Å². The highest BCUT2D eigenvalue weighted by Crippen LogP contribution is 2.23. The summed E-state index contributed by atoms with van der Waals surface area (Å²) < 4.78 is 2.14. The minimum absolute atomic E-state index is 0.133. The van der Waals surface area contributed by atoms with Gasteiger partial charge in [0.25, 0.3) is 5.91 Å². The second-order valence-corrected chi connectivity index (χ2v) is 5.40. The highest BCUT2D eigenvalue weighted by molar-refractivity contribution is 9.10. The molecule has 0 aliphatic heterocycles. The van der Waals surface area contributed by atoms with Gasteiger partial charge in [-0.25, -0.2) is 0 Å².